The van der Waals surface area contributed by atoms with Crippen molar-refractivity contribution >= 4 is 40.9 Å². The second-order valence-electron chi connectivity index (χ2n) is 5.71. The van der Waals surface area contributed by atoms with Crippen LogP contribution in [0.25, 0.3) is 0 Å². The average molecular weight is 382 g/mol. The molecule has 0 aliphatic carbocycles. The zero-order chi connectivity index (χ0) is 19.2. The van der Waals surface area contributed by atoms with Crippen molar-refractivity contribution in [3.63, 3.8) is 0 Å². The number of thioether (sulfide) groups is 1. The fourth-order valence-corrected chi connectivity index (χ4v) is 2.96. The van der Waals surface area contributed by atoms with Gasteiger partial charge in [-0.2, -0.15) is 4.98 Å². The monoisotopic (exact) mass is 382 g/mol. The maximum absolute atomic E-state index is 12.6. The molecule has 0 fully saturated rings. The van der Waals surface area contributed by atoms with E-state index < -0.39 is 0 Å². The number of amides is 2. The van der Waals surface area contributed by atoms with Gasteiger partial charge in [-0.15, -0.1) is 5.10 Å². The number of hydrogen-bond acceptors (Lipinski definition) is 6. The number of hydrogen-bond donors (Lipinski definition) is 4. The van der Waals surface area contributed by atoms with Crippen LogP contribution in [0, 0.1) is 6.92 Å². The molecule has 8 nitrogen and oxygen atoms in total. The van der Waals surface area contributed by atoms with Crippen molar-refractivity contribution in [1.82, 2.24) is 15.2 Å². The Morgan fingerprint density at radius 2 is 1.96 bits per heavy atom. The van der Waals surface area contributed by atoms with Gasteiger partial charge in [0, 0.05) is 5.69 Å². The molecule has 2 aromatic carbocycles. The Balaban J connectivity index is 1.66. The lowest BCUT2D eigenvalue weighted by atomic mass is 10.1. The maximum Gasteiger partial charge on any atom is 0.257 e. The maximum atomic E-state index is 12.6. The number of aromatic nitrogens is 3. The molecule has 27 heavy (non-hydrogen) atoms. The number of carbonyl (C=O) groups excluding carboxylic acids is 2. The fourth-order valence-electron chi connectivity index (χ4n) is 2.35. The summed E-state index contributed by atoms with van der Waals surface area (Å²) in [5.74, 6) is -0.299. The van der Waals surface area contributed by atoms with Crippen LogP contribution in [0.2, 0.25) is 0 Å². The summed E-state index contributed by atoms with van der Waals surface area (Å²) in [6.45, 7) is 1.95. The minimum Gasteiger partial charge on any atom is -0.368 e. The Labute approximate surface area is 160 Å². The van der Waals surface area contributed by atoms with Gasteiger partial charge in [-0.25, -0.2) is 5.10 Å². The van der Waals surface area contributed by atoms with Crippen molar-refractivity contribution in [3.05, 3.63) is 59.7 Å². The lowest BCUT2D eigenvalue weighted by Gasteiger charge is -2.11. The van der Waals surface area contributed by atoms with Gasteiger partial charge in [-0.3, -0.25) is 9.59 Å². The quantitative estimate of drug-likeness (QED) is 0.486. The largest absolute Gasteiger partial charge is 0.368 e. The third kappa shape index (κ3) is 5.08. The van der Waals surface area contributed by atoms with E-state index in [1.165, 1.54) is 0 Å². The molecule has 1 aromatic heterocycles. The number of H-pyrrole nitrogens is 1. The standard InChI is InChI=1S/C18H18N6O2S/c1-11-5-4-6-12(9-11)20-16(26)13-7-2-3-8-14(13)21-15(25)10-27-18-22-17(19)23-24-18/h2-9H,10H2,1H3,(H,20,26)(H,21,25)(H3,19,22,23,24). The molecule has 0 radical (unpaired) electrons. The lowest BCUT2D eigenvalue weighted by Crippen LogP contribution is -2.19. The lowest BCUT2D eigenvalue weighted by molar-refractivity contribution is -0.113. The first-order valence-electron chi connectivity index (χ1n) is 8.09. The van der Waals surface area contributed by atoms with Crippen LogP contribution in [0.4, 0.5) is 17.3 Å². The summed E-state index contributed by atoms with van der Waals surface area (Å²) in [5.41, 5.74) is 7.99. The van der Waals surface area contributed by atoms with Gasteiger partial charge >= 0.3 is 0 Å². The van der Waals surface area contributed by atoms with Crippen molar-refractivity contribution in [1.29, 1.82) is 0 Å². The number of anilines is 3. The normalized spacial score (nSPS) is 10.4. The second kappa shape index (κ2) is 8.37. The van der Waals surface area contributed by atoms with E-state index in [4.69, 9.17) is 5.73 Å². The molecule has 0 saturated carbocycles. The first-order valence-corrected chi connectivity index (χ1v) is 9.07. The Bertz CT molecular complexity index is 972. The van der Waals surface area contributed by atoms with E-state index in [1.807, 2.05) is 31.2 Å². The molecule has 0 bridgehead atoms. The summed E-state index contributed by atoms with van der Waals surface area (Å²) < 4.78 is 0. The average Bonchev–Trinajstić information content (AvgIpc) is 3.06. The number of aromatic amines is 1. The van der Waals surface area contributed by atoms with E-state index in [9.17, 15) is 9.59 Å². The summed E-state index contributed by atoms with van der Waals surface area (Å²) in [6.07, 6.45) is 0. The number of nitrogens with two attached hydrogens (primary N) is 1. The number of para-hydroxylation sites is 1. The molecule has 9 heteroatoms. The van der Waals surface area contributed by atoms with Gasteiger partial charge in [0.25, 0.3) is 5.91 Å². The summed E-state index contributed by atoms with van der Waals surface area (Å²) >= 11 is 1.14. The van der Waals surface area contributed by atoms with E-state index >= 15 is 0 Å². The van der Waals surface area contributed by atoms with Gasteiger partial charge in [0.05, 0.1) is 17.0 Å². The minimum atomic E-state index is -0.300. The Morgan fingerprint density at radius 3 is 2.70 bits per heavy atom. The highest BCUT2D eigenvalue weighted by Gasteiger charge is 2.14. The highest BCUT2D eigenvalue weighted by molar-refractivity contribution is 7.99. The SMILES string of the molecule is Cc1cccc(NC(=O)c2ccccc2NC(=O)CSc2n[nH]c(N)n2)c1. The molecular weight excluding hydrogens is 364 g/mol. The van der Waals surface area contributed by atoms with Gasteiger partial charge in [-0.05, 0) is 36.8 Å². The molecule has 0 spiro atoms. The molecule has 0 unspecified atom stereocenters. The summed E-state index contributed by atoms with van der Waals surface area (Å²) in [7, 11) is 0. The molecular formula is C18H18N6O2S. The zero-order valence-corrected chi connectivity index (χ0v) is 15.3. The summed E-state index contributed by atoms with van der Waals surface area (Å²) in [4.78, 5) is 28.7. The highest BCUT2D eigenvalue weighted by atomic mass is 32.2. The van der Waals surface area contributed by atoms with Crippen LogP contribution < -0.4 is 16.4 Å². The molecule has 0 aliphatic rings. The Kier molecular flexibility index (Phi) is 5.72. The van der Waals surface area contributed by atoms with Crippen LogP contribution in [0.1, 0.15) is 15.9 Å². The van der Waals surface area contributed by atoms with Crippen LogP contribution in [0.5, 0.6) is 0 Å². The van der Waals surface area contributed by atoms with Crippen LogP contribution in [0.3, 0.4) is 0 Å². The molecule has 0 aliphatic heterocycles. The van der Waals surface area contributed by atoms with E-state index in [0.29, 0.717) is 22.1 Å². The van der Waals surface area contributed by atoms with E-state index in [1.54, 1.807) is 24.3 Å². The van der Waals surface area contributed by atoms with Crippen molar-refractivity contribution in [2.75, 3.05) is 22.1 Å². The molecule has 5 N–H and O–H groups in total. The minimum absolute atomic E-state index is 0.0884. The Morgan fingerprint density at radius 1 is 1.15 bits per heavy atom. The van der Waals surface area contributed by atoms with Crippen molar-refractivity contribution < 1.29 is 9.59 Å². The third-order valence-corrected chi connectivity index (χ3v) is 4.38. The Hall–Kier alpha value is -3.33. The first kappa shape index (κ1) is 18.5. The summed E-state index contributed by atoms with van der Waals surface area (Å²) in [6, 6.07) is 14.3. The van der Waals surface area contributed by atoms with E-state index in [2.05, 4.69) is 25.8 Å². The van der Waals surface area contributed by atoms with Crippen molar-refractivity contribution in [3.8, 4) is 0 Å². The predicted molar refractivity (Wildman–Crippen MR) is 106 cm³/mol. The number of nitrogens with one attached hydrogen (secondary N) is 3. The molecule has 0 atom stereocenters. The predicted octanol–water partition coefficient (Wildman–Crippen LogP) is 2.68. The third-order valence-electron chi connectivity index (χ3n) is 3.54. The molecule has 1 heterocycles. The van der Waals surface area contributed by atoms with Crippen LogP contribution in [-0.4, -0.2) is 32.7 Å². The van der Waals surface area contributed by atoms with Gasteiger partial charge < -0.3 is 16.4 Å². The number of nitrogens with zero attached hydrogens (tertiary/aromatic N) is 2. The van der Waals surface area contributed by atoms with Crippen molar-refractivity contribution in [2.24, 2.45) is 0 Å². The van der Waals surface area contributed by atoms with Gasteiger partial charge in [-0.1, -0.05) is 36.0 Å². The number of rotatable bonds is 6. The smallest absolute Gasteiger partial charge is 0.257 e. The first-order chi connectivity index (χ1) is 13.0. The van der Waals surface area contributed by atoms with Crippen LogP contribution >= 0.6 is 11.8 Å². The zero-order valence-electron chi connectivity index (χ0n) is 14.5. The topological polar surface area (TPSA) is 126 Å². The van der Waals surface area contributed by atoms with Gasteiger partial charge in [0.1, 0.15) is 0 Å². The number of carbonyl (C=O) groups is 2. The van der Waals surface area contributed by atoms with Gasteiger partial charge in [0.2, 0.25) is 17.0 Å². The van der Waals surface area contributed by atoms with E-state index in [0.717, 1.165) is 17.3 Å². The molecule has 0 saturated heterocycles. The number of nitrogen functional groups attached to an aromatic ring is 1. The number of aryl methyl sites for hydroxylation is 1. The van der Waals surface area contributed by atoms with Crippen LogP contribution in [-0.2, 0) is 4.79 Å². The van der Waals surface area contributed by atoms with Gasteiger partial charge in [0.15, 0.2) is 0 Å². The number of benzene rings is 2. The second-order valence-corrected chi connectivity index (χ2v) is 6.65. The molecule has 3 rings (SSSR count). The molecule has 2 amide bonds. The van der Waals surface area contributed by atoms with Crippen molar-refractivity contribution in [2.45, 2.75) is 12.1 Å². The van der Waals surface area contributed by atoms with Crippen LogP contribution in [0.15, 0.2) is 53.7 Å². The summed E-state index contributed by atoms with van der Waals surface area (Å²) in [5, 5.41) is 12.3. The molecule has 138 valence electrons. The fraction of sp³-hybridized carbons (Fsp3) is 0.111. The van der Waals surface area contributed by atoms with E-state index in [-0.39, 0.29) is 23.5 Å². The highest BCUT2D eigenvalue weighted by Crippen LogP contribution is 2.19. The molecule has 3 aromatic rings.